The Morgan fingerprint density at radius 2 is 2.05 bits per heavy atom. The van der Waals surface area contributed by atoms with Crippen LogP contribution in [0.1, 0.15) is 0 Å². The molecule has 0 fully saturated rings. The van der Waals surface area contributed by atoms with Gasteiger partial charge in [0, 0.05) is 6.07 Å². The number of rotatable bonds is 3. The minimum atomic E-state index is -0.933. The lowest BCUT2D eigenvalue weighted by molar-refractivity contribution is -0.384. The largest absolute Gasteiger partial charge is 0.368 e. The summed E-state index contributed by atoms with van der Waals surface area (Å²) in [4.78, 5) is 17.2. The maximum Gasteiger partial charge on any atom is 0.329 e. The number of hydrogen-bond donors (Lipinski definition) is 2. The van der Waals surface area contributed by atoms with E-state index in [9.17, 15) is 18.9 Å². The van der Waals surface area contributed by atoms with Crippen molar-refractivity contribution in [2.75, 3.05) is 11.1 Å². The second-order valence-electron chi connectivity index (χ2n) is 3.59. The zero-order valence-corrected chi connectivity index (χ0v) is 11.2. The lowest BCUT2D eigenvalue weighted by Crippen LogP contribution is -2.05. The van der Waals surface area contributed by atoms with Gasteiger partial charge in [-0.2, -0.15) is 4.98 Å². The third kappa shape index (κ3) is 2.79. The average Bonchev–Trinajstić information content (AvgIpc) is 2.35. The van der Waals surface area contributed by atoms with Crippen molar-refractivity contribution in [3.63, 3.8) is 0 Å². The number of aromatic nitrogens is 2. The summed E-state index contributed by atoms with van der Waals surface area (Å²) in [6.07, 6.45) is 0.890. The van der Waals surface area contributed by atoms with E-state index in [1.54, 1.807) is 0 Å². The van der Waals surface area contributed by atoms with Crippen LogP contribution in [-0.2, 0) is 0 Å². The fourth-order valence-corrected chi connectivity index (χ4v) is 1.70. The number of hydrogen-bond acceptors (Lipinski definition) is 6. The summed E-state index contributed by atoms with van der Waals surface area (Å²) in [5.41, 5.74) is 4.64. The summed E-state index contributed by atoms with van der Waals surface area (Å²) in [5.74, 6) is -2.25. The minimum Gasteiger partial charge on any atom is -0.368 e. The van der Waals surface area contributed by atoms with E-state index < -0.39 is 22.2 Å². The van der Waals surface area contributed by atoms with Crippen LogP contribution >= 0.6 is 15.9 Å². The first-order valence-corrected chi connectivity index (χ1v) is 5.86. The summed E-state index contributed by atoms with van der Waals surface area (Å²) < 4.78 is 26.7. The van der Waals surface area contributed by atoms with Gasteiger partial charge >= 0.3 is 5.69 Å². The van der Waals surface area contributed by atoms with Gasteiger partial charge < -0.3 is 11.1 Å². The van der Waals surface area contributed by atoms with Gasteiger partial charge in [-0.1, -0.05) is 0 Å². The molecule has 0 atom stereocenters. The number of nitrogens with zero attached hydrogens (tertiary/aromatic N) is 3. The second kappa shape index (κ2) is 5.33. The number of halogens is 3. The molecule has 20 heavy (non-hydrogen) atoms. The Bertz CT molecular complexity index is 698. The molecular weight excluding hydrogens is 340 g/mol. The molecule has 0 amide bonds. The molecule has 0 aliphatic carbocycles. The van der Waals surface area contributed by atoms with Gasteiger partial charge in [-0.05, 0) is 22.0 Å². The first-order chi connectivity index (χ1) is 9.38. The molecule has 1 aromatic heterocycles. The third-order valence-electron chi connectivity index (χ3n) is 2.25. The molecule has 0 aliphatic heterocycles. The first-order valence-electron chi connectivity index (χ1n) is 5.07. The lowest BCUT2D eigenvalue weighted by Gasteiger charge is -2.08. The molecular formula is C10H6BrF2N5O2. The highest BCUT2D eigenvalue weighted by Gasteiger charge is 2.18. The molecule has 0 radical (unpaired) electrons. The van der Waals surface area contributed by atoms with E-state index in [2.05, 4.69) is 31.2 Å². The standard InChI is InChI=1S/C10H6BrF2N5O2/c11-4-1-7(6(13)2-5(4)12)16-9-8(18(19)20)3-15-10(14)17-9/h1-3H,(H3,14,15,16,17). The van der Waals surface area contributed by atoms with Gasteiger partial charge in [0.25, 0.3) is 0 Å². The smallest absolute Gasteiger partial charge is 0.329 e. The van der Waals surface area contributed by atoms with E-state index in [4.69, 9.17) is 5.73 Å². The Morgan fingerprint density at radius 1 is 1.35 bits per heavy atom. The molecule has 104 valence electrons. The number of nitrogens with one attached hydrogen (secondary N) is 1. The Morgan fingerprint density at radius 3 is 2.70 bits per heavy atom. The maximum atomic E-state index is 13.6. The van der Waals surface area contributed by atoms with Gasteiger partial charge in [0.15, 0.2) is 0 Å². The van der Waals surface area contributed by atoms with Gasteiger partial charge in [-0.3, -0.25) is 10.1 Å². The highest BCUT2D eigenvalue weighted by molar-refractivity contribution is 9.10. The number of benzene rings is 1. The van der Waals surface area contributed by atoms with Gasteiger partial charge in [0.1, 0.15) is 17.8 Å². The van der Waals surface area contributed by atoms with Crippen LogP contribution in [0.2, 0.25) is 0 Å². The molecule has 0 spiro atoms. The number of anilines is 3. The zero-order chi connectivity index (χ0) is 14.9. The van der Waals surface area contributed by atoms with Crippen molar-refractivity contribution in [2.24, 2.45) is 0 Å². The van der Waals surface area contributed by atoms with E-state index in [0.29, 0.717) is 6.07 Å². The number of nitro groups is 1. The fraction of sp³-hybridized carbons (Fsp3) is 0. The lowest BCUT2D eigenvalue weighted by atomic mass is 10.3. The maximum absolute atomic E-state index is 13.6. The predicted octanol–water partition coefficient (Wildman–Crippen LogP) is 2.75. The van der Waals surface area contributed by atoms with Crippen LogP contribution in [0.5, 0.6) is 0 Å². The fourth-order valence-electron chi connectivity index (χ4n) is 1.36. The Balaban J connectivity index is 2.47. The Hall–Kier alpha value is -2.36. The molecule has 0 unspecified atom stereocenters. The van der Waals surface area contributed by atoms with Crippen LogP contribution in [0.4, 0.5) is 31.9 Å². The van der Waals surface area contributed by atoms with Crippen molar-refractivity contribution in [3.05, 3.63) is 44.6 Å². The van der Waals surface area contributed by atoms with Gasteiger partial charge in [-0.25, -0.2) is 13.8 Å². The highest BCUT2D eigenvalue weighted by Crippen LogP contribution is 2.29. The van der Waals surface area contributed by atoms with Crippen molar-refractivity contribution >= 4 is 39.1 Å². The van der Waals surface area contributed by atoms with E-state index in [1.165, 1.54) is 0 Å². The van der Waals surface area contributed by atoms with E-state index in [-0.39, 0.29) is 21.9 Å². The average molecular weight is 346 g/mol. The molecule has 2 rings (SSSR count). The van der Waals surface area contributed by atoms with Crippen LogP contribution in [0.3, 0.4) is 0 Å². The Kier molecular flexibility index (Phi) is 3.74. The highest BCUT2D eigenvalue weighted by atomic mass is 79.9. The van der Waals surface area contributed by atoms with Crippen molar-refractivity contribution < 1.29 is 13.7 Å². The molecule has 1 aromatic carbocycles. The summed E-state index contributed by atoms with van der Waals surface area (Å²) in [6.45, 7) is 0. The predicted molar refractivity (Wildman–Crippen MR) is 70.4 cm³/mol. The molecule has 0 bridgehead atoms. The molecule has 0 saturated heterocycles. The van der Waals surface area contributed by atoms with Crippen molar-refractivity contribution in [3.8, 4) is 0 Å². The number of nitrogens with two attached hydrogens (primary N) is 1. The van der Waals surface area contributed by atoms with Crippen LogP contribution in [-0.4, -0.2) is 14.9 Å². The second-order valence-corrected chi connectivity index (χ2v) is 4.44. The first kappa shape index (κ1) is 14.1. The SMILES string of the molecule is Nc1ncc([N+](=O)[O-])c(Nc2cc(Br)c(F)cc2F)n1. The zero-order valence-electron chi connectivity index (χ0n) is 9.60. The Labute approximate surface area is 119 Å². The van der Waals surface area contributed by atoms with Gasteiger partial charge in [-0.15, -0.1) is 0 Å². The normalized spacial score (nSPS) is 10.3. The summed E-state index contributed by atoms with van der Waals surface area (Å²) in [7, 11) is 0. The van der Waals surface area contributed by atoms with Crippen LogP contribution in [0.25, 0.3) is 0 Å². The summed E-state index contributed by atoms with van der Waals surface area (Å²) in [6, 6.07) is 1.72. The van der Waals surface area contributed by atoms with Gasteiger partial charge in [0.05, 0.1) is 15.1 Å². The molecule has 0 saturated carbocycles. The third-order valence-corrected chi connectivity index (χ3v) is 2.86. The van der Waals surface area contributed by atoms with E-state index in [1.807, 2.05) is 0 Å². The minimum absolute atomic E-state index is 0.00826. The van der Waals surface area contributed by atoms with Crippen molar-refractivity contribution in [1.29, 1.82) is 0 Å². The van der Waals surface area contributed by atoms with E-state index >= 15 is 0 Å². The molecule has 0 aliphatic rings. The van der Waals surface area contributed by atoms with Crippen molar-refractivity contribution in [2.45, 2.75) is 0 Å². The van der Waals surface area contributed by atoms with E-state index in [0.717, 1.165) is 12.3 Å². The summed E-state index contributed by atoms with van der Waals surface area (Å²) >= 11 is 2.88. The van der Waals surface area contributed by atoms with Crippen LogP contribution < -0.4 is 11.1 Å². The van der Waals surface area contributed by atoms with Gasteiger partial charge in [0.2, 0.25) is 11.8 Å². The summed E-state index contributed by atoms with van der Waals surface area (Å²) in [5, 5.41) is 13.2. The molecule has 1 heterocycles. The topological polar surface area (TPSA) is 107 Å². The van der Waals surface area contributed by atoms with Crippen molar-refractivity contribution in [1.82, 2.24) is 9.97 Å². The molecule has 10 heteroatoms. The quantitative estimate of drug-likeness (QED) is 0.503. The monoisotopic (exact) mass is 345 g/mol. The number of nitrogen functional groups attached to an aromatic ring is 1. The molecule has 7 nitrogen and oxygen atoms in total. The molecule has 3 N–H and O–H groups in total. The molecule has 2 aromatic rings. The van der Waals surface area contributed by atoms with Crippen LogP contribution in [0.15, 0.2) is 22.8 Å². The van der Waals surface area contributed by atoms with Crippen LogP contribution in [0, 0.1) is 21.7 Å².